The van der Waals surface area contributed by atoms with E-state index in [1.807, 2.05) is 0 Å². The monoisotopic (exact) mass is 294 g/mol. The summed E-state index contributed by atoms with van der Waals surface area (Å²) >= 11 is 0. The van der Waals surface area contributed by atoms with Crippen LogP contribution in [0.25, 0.3) is 6.08 Å². The Morgan fingerprint density at radius 1 is 1.50 bits per heavy atom. The first-order valence-electron chi connectivity index (χ1n) is 5.66. The Kier molecular flexibility index (Phi) is 5.43. The fraction of sp³-hybridized carbons (Fsp3) is 0.231. The van der Waals surface area contributed by atoms with Crippen LogP contribution < -0.4 is 0 Å². The summed E-state index contributed by atoms with van der Waals surface area (Å²) in [4.78, 5) is 10.4. The van der Waals surface area contributed by atoms with Crippen LogP contribution in [0, 0.1) is 11.3 Å². The van der Waals surface area contributed by atoms with Gasteiger partial charge in [0.15, 0.2) is 5.75 Å². The molecule has 0 spiro atoms. The minimum atomic E-state index is -3.59. The Bertz CT molecular complexity index is 659. The Morgan fingerprint density at radius 3 is 2.80 bits per heavy atom. The lowest BCUT2D eigenvalue weighted by molar-refractivity contribution is -0.131. The van der Waals surface area contributed by atoms with Crippen LogP contribution in [0.2, 0.25) is 0 Å². The molecule has 0 radical (unpaired) electrons. The normalized spacial score (nSPS) is 11.7. The van der Waals surface area contributed by atoms with Gasteiger partial charge < -0.3 is 5.11 Å². The van der Waals surface area contributed by atoms with Gasteiger partial charge >= 0.3 is 5.97 Å². The van der Waals surface area contributed by atoms with Crippen molar-refractivity contribution in [2.75, 3.05) is 12.8 Å². The van der Waals surface area contributed by atoms with Crippen LogP contribution in [0.15, 0.2) is 30.3 Å². The highest BCUT2D eigenvalue weighted by Crippen LogP contribution is 2.11. The van der Waals surface area contributed by atoms with Crippen LogP contribution in [0.3, 0.4) is 0 Å². The molecule has 0 aliphatic heterocycles. The van der Waals surface area contributed by atoms with Crippen LogP contribution in [-0.2, 0) is 21.4 Å². The topological polar surface area (TPSA) is 98.5 Å². The predicted molar refractivity (Wildman–Crippen MR) is 74.0 cm³/mol. The minimum Gasteiger partial charge on any atom is -0.478 e. The third kappa shape index (κ3) is 4.84. The SMILES string of the molecule is CN(Cc1cccc(C=CC(=O)O)c1)S(=O)(=O)CC#N. The summed E-state index contributed by atoms with van der Waals surface area (Å²) < 4.78 is 24.4. The molecule has 1 rings (SSSR count). The number of carbonyl (C=O) groups is 1. The first-order valence-corrected chi connectivity index (χ1v) is 7.27. The molecule has 0 fully saturated rings. The first-order chi connectivity index (χ1) is 9.35. The smallest absolute Gasteiger partial charge is 0.328 e. The van der Waals surface area contributed by atoms with E-state index < -0.39 is 21.7 Å². The summed E-state index contributed by atoms with van der Waals surface area (Å²) in [6.45, 7) is 0.124. The molecule has 0 amide bonds. The van der Waals surface area contributed by atoms with Crippen molar-refractivity contribution in [2.45, 2.75) is 6.54 Å². The summed E-state index contributed by atoms with van der Waals surface area (Å²) in [5.41, 5.74) is 1.37. The highest BCUT2D eigenvalue weighted by atomic mass is 32.2. The maximum Gasteiger partial charge on any atom is 0.328 e. The van der Waals surface area contributed by atoms with Crippen LogP contribution >= 0.6 is 0 Å². The molecular formula is C13H14N2O4S. The van der Waals surface area contributed by atoms with Crippen LogP contribution in [-0.4, -0.2) is 36.6 Å². The Morgan fingerprint density at radius 2 is 2.20 bits per heavy atom. The maximum atomic E-state index is 11.6. The molecule has 0 aromatic heterocycles. The summed E-state index contributed by atoms with van der Waals surface area (Å²) in [6, 6.07) is 8.46. The van der Waals surface area contributed by atoms with Gasteiger partial charge in [-0.2, -0.15) is 9.57 Å². The molecule has 0 heterocycles. The van der Waals surface area contributed by atoms with Crippen molar-refractivity contribution in [3.8, 4) is 6.07 Å². The van der Waals surface area contributed by atoms with Crippen molar-refractivity contribution in [3.63, 3.8) is 0 Å². The maximum absolute atomic E-state index is 11.6. The molecule has 1 aromatic carbocycles. The van der Waals surface area contributed by atoms with E-state index in [-0.39, 0.29) is 6.54 Å². The van der Waals surface area contributed by atoms with Gasteiger partial charge in [-0.05, 0) is 17.2 Å². The van der Waals surface area contributed by atoms with Crippen LogP contribution in [0.4, 0.5) is 0 Å². The van der Waals surface area contributed by atoms with E-state index in [9.17, 15) is 13.2 Å². The lowest BCUT2D eigenvalue weighted by Gasteiger charge is -2.15. The highest BCUT2D eigenvalue weighted by Gasteiger charge is 2.17. The average Bonchev–Trinajstić information content (AvgIpc) is 2.36. The molecule has 106 valence electrons. The van der Waals surface area contributed by atoms with E-state index in [1.54, 1.807) is 30.3 Å². The molecule has 0 saturated heterocycles. The number of nitriles is 1. The average molecular weight is 294 g/mol. The standard InChI is InChI=1S/C13H14N2O4S/c1-15(20(18,19)8-7-14)10-12-4-2-3-11(9-12)5-6-13(16)17/h2-6,9H,8,10H2,1H3,(H,16,17). The van der Waals surface area contributed by atoms with E-state index in [1.165, 1.54) is 13.1 Å². The first kappa shape index (κ1) is 15.9. The summed E-state index contributed by atoms with van der Waals surface area (Å²) in [5.74, 6) is -1.62. The number of rotatable bonds is 6. The molecule has 0 aliphatic carbocycles. The molecule has 6 nitrogen and oxygen atoms in total. The second kappa shape index (κ2) is 6.84. The molecule has 1 aromatic rings. The third-order valence-electron chi connectivity index (χ3n) is 2.50. The number of carboxylic acids is 1. The van der Waals surface area contributed by atoms with Gasteiger partial charge in [0.25, 0.3) is 0 Å². The summed E-state index contributed by atoms with van der Waals surface area (Å²) in [7, 11) is -2.19. The van der Waals surface area contributed by atoms with Gasteiger partial charge in [0.05, 0.1) is 6.07 Å². The molecule has 0 bridgehead atoms. The number of hydrogen-bond acceptors (Lipinski definition) is 4. The second-order valence-corrected chi connectivity index (χ2v) is 6.16. The van der Waals surface area contributed by atoms with E-state index >= 15 is 0 Å². The van der Waals surface area contributed by atoms with Gasteiger partial charge in [0.2, 0.25) is 10.0 Å². The fourth-order valence-electron chi connectivity index (χ4n) is 1.51. The fourth-order valence-corrected chi connectivity index (χ4v) is 2.24. The van der Waals surface area contributed by atoms with Crippen molar-refractivity contribution in [2.24, 2.45) is 0 Å². The van der Waals surface area contributed by atoms with Crippen molar-refractivity contribution < 1.29 is 18.3 Å². The Labute approximate surface area is 117 Å². The van der Waals surface area contributed by atoms with Gasteiger partial charge in [-0.25, -0.2) is 13.2 Å². The van der Waals surface area contributed by atoms with Crippen LogP contribution in [0.1, 0.15) is 11.1 Å². The lowest BCUT2D eigenvalue weighted by atomic mass is 10.1. The highest BCUT2D eigenvalue weighted by molar-refractivity contribution is 7.89. The minimum absolute atomic E-state index is 0.124. The quantitative estimate of drug-likeness (QED) is 0.791. The number of carboxylic acid groups (broad SMARTS) is 1. The zero-order valence-corrected chi connectivity index (χ0v) is 11.7. The van der Waals surface area contributed by atoms with Crippen LogP contribution in [0.5, 0.6) is 0 Å². The molecule has 1 N–H and O–H groups in total. The van der Waals surface area contributed by atoms with E-state index in [4.69, 9.17) is 10.4 Å². The number of aliphatic carboxylic acids is 1. The summed E-state index contributed by atoms with van der Waals surface area (Å²) in [6.07, 6.45) is 2.44. The predicted octanol–water partition coefficient (Wildman–Crippen LogP) is 1.07. The number of sulfonamides is 1. The van der Waals surface area contributed by atoms with Gasteiger partial charge in [-0.3, -0.25) is 0 Å². The van der Waals surface area contributed by atoms with Gasteiger partial charge in [-0.1, -0.05) is 24.3 Å². The molecule has 0 aliphatic rings. The molecule has 0 saturated carbocycles. The second-order valence-electron chi connectivity index (χ2n) is 4.09. The van der Waals surface area contributed by atoms with Crippen molar-refractivity contribution in [3.05, 3.63) is 41.5 Å². The third-order valence-corrected chi connectivity index (χ3v) is 4.07. The van der Waals surface area contributed by atoms with Gasteiger partial charge in [0, 0.05) is 19.7 Å². The zero-order chi connectivity index (χ0) is 15.2. The lowest BCUT2D eigenvalue weighted by Crippen LogP contribution is -2.28. The molecular weight excluding hydrogens is 280 g/mol. The van der Waals surface area contributed by atoms with E-state index in [0.29, 0.717) is 11.1 Å². The molecule has 7 heteroatoms. The van der Waals surface area contributed by atoms with Gasteiger partial charge in [-0.15, -0.1) is 0 Å². The van der Waals surface area contributed by atoms with E-state index in [0.717, 1.165) is 10.4 Å². The largest absolute Gasteiger partial charge is 0.478 e. The van der Waals surface area contributed by atoms with Crippen molar-refractivity contribution >= 4 is 22.1 Å². The number of benzene rings is 1. The zero-order valence-electron chi connectivity index (χ0n) is 10.9. The van der Waals surface area contributed by atoms with Crippen molar-refractivity contribution in [1.29, 1.82) is 5.26 Å². The van der Waals surface area contributed by atoms with Crippen molar-refractivity contribution in [1.82, 2.24) is 4.31 Å². The molecule has 20 heavy (non-hydrogen) atoms. The molecule has 0 atom stereocenters. The Hall–Kier alpha value is -2.17. The van der Waals surface area contributed by atoms with Gasteiger partial charge in [0.1, 0.15) is 0 Å². The Balaban J connectivity index is 2.87. The summed E-state index contributed by atoms with van der Waals surface area (Å²) in [5, 5.41) is 17.0. The van der Waals surface area contributed by atoms with E-state index in [2.05, 4.69) is 0 Å². The number of nitrogens with zero attached hydrogens (tertiary/aromatic N) is 2. The molecule has 0 unspecified atom stereocenters. The number of hydrogen-bond donors (Lipinski definition) is 1.